The molecule has 0 bridgehead atoms. The standard InChI is InChI=1S/C27H35FN6O3S/c1-17(2)19-5-6-20(18-13-33(14-18)16-38(4,36)37)22-12-30-25(11-21(19)22)31-24-7-9-29-26(32-24)34-10-8-23(35)27(3,28)15-34/h5-7,9,11-12,17-18,23,35H,8,10,13-16H2,1-4H3,(H,29,30,31,32)/t23-,27+/m1/s1. The third kappa shape index (κ3) is 5.60. The van der Waals surface area contributed by atoms with E-state index in [2.05, 4.69) is 46.2 Å². The van der Waals surface area contributed by atoms with Gasteiger partial charge >= 0.3 is 0 Å². The Morgan fingerprint density at radius 1 is 1.18 bits per heavy atom. The average molecular weight is 543 g/mol. The number of aliphatic hydroxyl groups is 1. The number of hydrogen-bond donors (Lipinski definition) is 2. The van der Waals surface area contributed by atoms with E-state index in [1.165, 1.54) is 24.3 Å². The highest BCUT2D eigenvalue weighted by Gasteiger charge is 2.39. The second kappa shape index (κ2) is 10.0. The molecule has 0 aliphatic carbocycles. The molecule has 1 aromatic carbocycles. The molecule has 2 aliphatic rings. The predicted octanol–water partition coefficient (Wildman–Crippen LogP) is 3.59. The van der Waals surface area contributed by atoms with Crippen LogP contribution in [0.3, 0.4) is 0 Å². The van der Waals surface area contributed by atoms with Gasteiger partial charge in [-0.1, -0.05) is 26.0 Å². The van der Waals surface area contributed by atoms with E-state index < -0.39 is 21.6 Å². The Kier molecular flexibility index (Phi) is 7.04. The van der Waals surface area contributed by atoms with E-state index in [1.54, 1.807) is 17.2 Å². The summed E-state index contributed by atoms with van der Waals surface area (Å²) in [5.41, 5.74) is 0.663. The lowest BCUT2D eigenvalue weighted by Gasteiger charge is -2.39. The van der Waals surface area contributed by atoms with Crippen molar-refractivity contribution in [2.24, 2.45) is 0 Å². The molecule has 11 heteroatoms. The van der Waals surface area contributed by atoms with Crippen LogP contribution in [0.1, 0.15) is 50.2 Å². The number of benzene rings is 1. The summed E-state index contributed by atoms with van der Waals surface area (Å²) in [5, 5.41) is 15.4. The maximum Gasteiger partial charge on any atom is 0.227 e. The van der Waals surface area contributed by atoms with Crippen LogP contribution in [-0.4, -0.2) is 83.5 Å². The van der Waals surface area contributed by atoms with Crippen LogP contribution >= 0.6 is 0 Å². The third-order valence-electron chi connectivity index (χ3n) is 7.45. The van der Waals surface area contributed by atoms with Crippen molar-refractivity contribution in [2.75, 3.05) is 48.5 Å². The maximum absolute atomic E-state index is 14.7. The van der Waals surface area contributed by atoms with Gasteiger partial charge in [-0.05, 0) is 47.9 Å². The van der Waals surface area contributed by atoms with E-state index >= 15 is 0 Å². The zero-order chi connectivity index (χ0) is 27.2. The zero-order valence-corrected chi connectivity index (χ0v) is 23.0. The fourth-order valence-corrected chi connectivity index (χ4v) is 6.30. The first-order valence-electron chi connectivity index (χ1n) is 12.9. The van der Waals surface area contributed by atoms with E-state index in [-0.39, 0.29) is 18.3 Å². The van der Waals surface area contributed by atoms with Gasteiger partial charge in [0.15, 0.2) is 15.5 Å². The highest BCUT2D eigenvalue weighted by atomic mass is 32.2. The van der Waals surface area contributed by atoms with Crippen molar-refractivity contribution < 1.29 is 17.9 Å². The van der Waals surface area contributed by atoms with Crippen LogP contribution in [0.25, 0.3) is 10.8 Å². The van der Waals surface area contributed by atoms with E-state index in [0.29, 0.717) is 49.6 Å². The van der Waals surface area contributed by atoms with Crippen molar-refractivity contribution in [2.45, 2.75) is 50.8 Å². The van der Waals surface area contributed by atoms with E-state index in [9.17, 15) is 17.9 Å². The molecule has 2 atom stereocenters. The van der Waals surface area contributed by atoms with Crippen LogP contribution in [0, 0.1) is 0 Å². The molecule has 2 fully saturated rings. The minimum Gasteiger partial charge on any atom is -0.390 e. The Labute approximate surface area is 223 Å². The second-order valence-electron chi connectivity index (χ2n) is 11.2. The van der Waals surface area contributed by atoms with Gasteiger partial charge in [-0.2, -0.15) is 4.98 Å². The quantitative estimate of drug-likeness (QED) is 0.463. The summed E-state index contributed by atoms with van der Waals surface area (Å²) in [6.45, 7) is 7.62. The number of pyridine rings is 1. The fourth-order valence-electron chi connectivity index (χ4n) is 5.42. The summed E-state index contributed by atoms with van der Waals surface area (Å²) < 4.78 is 38.0. The van der Waals surface area contributed by atoms with E-state index in [0.717, 1.165) is 10.8 Å². The van der Waals surface area contributed by atoms with Crippen LogP contribution in [0.5, 0.6) is 0 Å². The highest BCUT2D eigenvalue weighted by Crippen LogP contribution is 2.37. The molecule has 0 saturated carbocycles. The molecule has 9 nitrogen and oxygen atoms in total. The zero-order valence-electron chi connectivity index (χ0n) is 22.2. The molecular formula is C27H35FN6O3S. The van der Waals surface area contributed by atoms with Crippen molar-refractivity contribution in [1.82, 2.24) is 19.9 Å². The van der Waals surface area contributed by atoms with Crippen LogP contribution in [0.15, 0.2) is 36.7 Å². The van der Waals surface area contributed by atoms with Gasteiger partial charge in [-0.25, -0.2) is 22.8 Å². The van der Waals surface area contributed by atoms with Crippen LogP contribution in [0.4, 0.5) is 22.0 Å². The van der Waals surface area contributed by atoms with Crippen LogP contribution in [-0.2, 0) is 9.84 Å². The monoisotopic (exact) mass is 542 g/mol. The van der Waals surface area contributed by atoms with Crippen LogP contribution < -0.4 is 10.2 Å². The van der Waals surface area contributed by atoms with Gasteiger partial charge in [0.25, 0.3) is 0 Å². The second-order valence-corrected chi connectivity index (χ2v) is 13.3. The number of hydrogen-bond acceptors (Lipinski definition) is 9. The van der Waals surface area contributed by atoms with Gasteiger partial charge in [0.1, 0.15) is 17.5 Å². The molecular weight excluding hydrogens is 507 g/mol. The molecule has 2 aromatic heterocycles. The number of anilines is 3. The summed E-state index contributed by atoms with van der Waals surface area (Å²) in [7, 11) is -3.04. The van der Waals surface area contributed by atoms with Crippen molar-refractivity contribution >= 4 is 38.2 Å². The largest absolute Gasteiger partial charge is 0.390 e. The first-order valence-corrected chi connectivity index (χ1v) is 15.0. The van der Waals surface area contributed by atoms with Gasteiger partial charge in [0.05, 0.1) is 12.6 Å². The molecule has 204 valence electrons. The maximum atomic E-state index is 14.7. The fraction of sp³-hybridized carbons (Fsp3) is 0.519. The van der Waals surface area contributed by atoms with Crippen molar-refractivity contribution in [1.29, 1.82) is 0 Å². The Morgan fingerprint density at radius 3 is 2.63 bits per heavy atom. The van der Waals surface area contributed by atoms with Crippen molar-refractivity contribution in [3.8, 4) is 0 Å². The molecule has 2 saturated heterocycles. The molecule has 2 aliphatic heterocycles. The summed E-state index contributed by atoms with van der Waals surface area (Å²) in [4.78, 5) is 17.3. The summed E-state index contributed by atoms with van der Waals surface area (Å²) in [6, 6.07) is 8.08. The van der Waals surface area contributed by atoms with E-state index in [4.69, 9.17) is 0 Å². The molecule has 0 amide bonds. The van der Waals surface area contributed by atoms with Gasteiger partial charge in [0, 0.05) is 49.6 Å². The molecule has 0 unspecified atom stereocenters. The number of likely N-dealkylation sites (tertiary alicyclic amines) is 1. The number of aromatic nitrogens is 3. The van der Waals surface area contributed by atoms with Gasteiger partial charge < -0.3 is 15.3 Å². The number of nitrogens with one attached hydrogen (secondary N) is 1. The molecule has 0 radical (unpaired) electrons. The summed E-state index contributed by atoms with van der Waals surface area (Å²) in [5.74, 6) is 2.24. The normalized spacial score (nSPS) is 23.1. The Morgan fingerprint density at radius 2 is 1.95 bits per heavy atom. The number of rotatable bonds is 7. The molecule has 3 aromatic rings. The predicted molar refractivity (Wildman–Crippen MR) is 148 cm³/mol. The lowest BCUT2D eigenvalue weighted by atomic mass is 9.85. The lowest BCUT2D eigenvalue weighted by Crippen LogP contribution is -2.52. The Balaban J connectivity index is 1.39. The lowest BCUT2D eigenvalue weighted by molar-refractivity contribution is -0.00860. The van der Waals surface area contributed by atoms with Gasteiger partial charge in [-0.3, -0.25) is 4.90 Å². The number of fused-ring (bicyclic) bond motifs is 1. The number of nitrogens with zero attached hydrogens (tertiary/aromatic N) is 5. The number of sulfone groups is 1. The summed E-state index contributed by atoms with van der Waals surface area (Å²) in [6.07, 6.45) is 4.09. The summed E-state index contributed by atoms with van der Waals surface area (Å²) >= 11 is 0. The molecule has 38 heavy (non-hydrogen) atoms. The molecule has 4 heterocycles. The Hall–Kier alpha value is -2.89. The number of aliphatic hydroxyl groups excluding tert-OH is 1. The molecule has 0 spiro atoms. The average Bonchev–Trinajstić information content (AvgIpc) is 2.81. The number of halogens is 1. The number of alkyl halides is 1. The SMILES string of the molecule is CC(C)c1ccc(C2CN(CS(C)(=O)=O)C2)c2cnc(Nc3ccnc(N4CC[C@@H](O)[C@@](C)(F)C4)n3)cc12. The molecule has 2 N–H and O–H groups in total. The number of piperidine rings is 1. The minimum atomic E-state index is -3.04. The first-order chi connectivity index (χ1) is 17.9. The topological polar surface area (TPSA) is 112 Å². The van der Waals surface area contributed by atoms with Crippen molar-refractivity contribution in [3.05, 3.63) is 47.8 Å². The minimum absolute atomic E-state index is 0.0230. The Bertz CT molecular complexity index is 1440. The van der Waals surface area contributed by atoms with Crippen molar-refractivity contribution in [3.63, 3.8) is 0 Å². The van der Waals surface area contributed by atoms with E-state index in [1.807, 2.05) is 17.2 Å². The van der Waals surface area contributed by atoms with Crippen LogP contribution in [0.2, 0.25) is 0 Å². The smallest absolute Gasteiger partial charge is 0.227 e. The van der Waals surface area contributed by atoms with Gasteiger partial charge in [-0.15, -0.1) is 0 Å². The van der Waals surface area contributed by atoms with Gasteiger partial charge in [0.2, 0.25) is 5.95 Å². The molecule has 5 rings (SSSR count). The first kappa shape index (κ1) is 26.7. The highest BCUT2D eigenvalue weighted by molar-refractivity contribution is 7.90. The third-order valence-corrected chi connectivity index (χ3v) is 8.29.